The predicted octanol–water partition coefficient (Wildman–Crippen LogP) is 2.84. The Balaban J connectivity index is 1.51. The quantitative estimate of drug-likeness (QED) is 0.778. The third-order valence-electron chi connectivity index (χ3n) is 4.94. The third-order valence-corrected chi connectivity index (χ3v) is 4.94. The summed E-state index contributed by atoms with van der Waals surface area (Å²) in [6.07, 6.45) is 2.51. The molecule has 0 saturated carbocycles. The maximum Gasteiger partial charge on any atom is 0.279 e. The van der Waals surface area contributed by atoms with Crippen LogP contribution in [0.3, 0.4) is 0 Å². The van der Waals surface area contributed by atoms with Gasteiger partial charge in [0.15, 0.2) is 6.54 Å². The molecule has 1 fully saturated rings. The van der Waals surface area contributed by atoms with Crippen molar-refractivity contribution in [2.24, 2.45) is 5.92 Å². The van der Waals surface area contributed by atoms with Crippen LogP contribution in [0.25, 0.3) is 21.9 Å². The Labute approximate surface area is 141 Å². The summed E-state index contributed by atoms with van der Waals surface area (Å²) in [5.41, 5.74) is 2.57. The highest BCUT2D eigenvalue weighted by atomic mass is 16.3. The number of hydrogen-bond acceptors (Lipinski definition) is 2. The molecule has 4 rings (SSSR count). The van der Waals surface area contributed by atoms with Gasteiger partial charge in [0.1, 0.15) is 11.2 Å². The highest BCUT2D eigenvalue weighted by Crippen LogP contribution is 2.30. The number of nitrogens with one attached hydrogen (secondary N) is 2. The van der Waals surface area contributed by atoms with Crippen molar-refractivity contribution in [2.75, 3.05) is 25.0 Å². The highest BCUT2D eigenvalue weighted by Gasteiger charge is 2.22. The molecule has 0 bridgehead atoms. The Morgan fingerprint density at radius 1 is 1.21 bits per heavy atom. The molecule has 3 aromatic rings. The second-order valence-electron chi connectivity index (χ2n) is 6.99. The lowest BCUT2D eigenvalue weighted by molar-refractivity contribution is -0.900. The van der Waals surface area contributed by atoms with Gasteiger partial charge < -0.3 is 14.6 Å². The van der Waals surface area contributed by atoms with E-state index >= 15 is 0 Å². The van der Waals surface area contributed by atoms with E-state index in [1.165, 1.54) is 17.7 Å². The normalized spacial score (nSPS) is 21.2. The minimum absolute atomic E-state index is 0.0891. The predicted molar refractivity (Wildman–Crippen MR) is 96.3 cm³/mol. The van der Waals surface area contributed by atoms with Gasteiger partial charge in [-0.25, -0.2) is 0 Å². The van der Waals surface area contributed by atoms with E-state index in [1.54, 1.807) is 0 Å². The standard InChI is InChI=1S/C20H22N2O2/c1-14-5-4-10-22(12-14)13-20(23)21-15-8-9-19-17(11-15)16-6-2-3-7-18(16)24-19/h2-3,6-9,11,14H,4-5,10,12-13H2,1H3,(H,21,23)/p+1/t14-/m0/s1. The van der Waals surface area contributed by atoms with Crippen molar-refractivity contribution >= 4 is 33.5 Å². The summed E-state index contributed by atoms with van der Waals surface area (Å²) in [4.78, 5) is 13.8. The van der Waals surface area contributed by atoms with E-state index in [0.29, 0.717) is 6.54 Å². The molecule has 2 heterocycles. The van der Waals surface area contributed by atoms with Crippen LogP contribution in [0.15, 0.2) is 46.9 Å². The molecule has 2 aromatic carbocycles. The summed E-state index contributed by atoms with van der Waals surface area (Å²) in [6.45, 7) is 5.02. The molecular formula is C20H23N2O2+. The number of likely N-dealkylation sites (tertiary alicyclic amines) is 1. The van der Waals surface area contributed by atoms with E-state index in [-0.39, 0.29) is 5.91 Å². The molecule has 124 valence electrons. The van der Waals surface area contributed by atoms with E-state index in [9.17, 15) is 4.79 Å². The van der Waals surface area contributed by atoms with Gasteiger partial charge in [-0.3, -0.25) is 4.79 Å². The first-order valence-corrected chi connectivity index (χ1v) is 8.74. The Hall–Kier alpha value is -2.33. The van der Waals surface area contributed by atoms with E-state index in [2.05, 4.69) is 12.2 Å². The summed E-state index contributed by atoms with van der Waals surface area (Å²) in [5.74, 6) is 0.807. The molecule has 4 heteroatoms. The first kappa shape index (κ1) is 15.2. The minimum Gasteiger partial charge on any atom is -0.456 e. The maximum atomic E-state index is 12.4. The number of amides is 1. The Morgan fingerprint density at radius 2 is 2.04 bits per heavy atom. The van der Waals surface area contributed by atoms with Crippen molar-refractivity contribution in [1.82, 2.24) is 0 Å². The van der Waals surface area contributed by atoms with E-state index in [1.807, 2.05) is 42.5 Å². The van der Waals surface area contributed by atoms with Gasteiger partial charge >= 0.3 is 0 Å². The molecule has 1 unspecified atom stereocenters. The largest absolute Gasteiger partial charge is 0.456 e. The van der Waals surface area contributed by atoms with E-state index in [4.69, 9.17) is 4.42 Å². The average Bonchev–Trinajstić information content (AvgIpc) is 2.93. The summed E-state index contributed by atoms with van der Waals surface area (Å²) in [7, 11) is 0. The number of hydrogen-bond donors (Lipinski definition) is 2. The number of fused-ring (bicyclic) bond motifs is 3. The van der Waals surface area contributed by atoms with Crippen molar-refractivity contribution in [2.45, 2.75) is 19.8 Å². The fourth-order valence-electron chi connectivity index (χ4n) is 3.79. The third kappa shape index (κ3) is 3.02. The van der Waals surface area contributed by atoms with Crippen molar-refractivity contribution < 1.29 is 14.1 Å². The smallest absolute Gasteiger partial charge is 0.279 e. The number of carbonyl (C=O) groups is 1. The molecule has 2 N–H and O–H groups in total. The zero-order valence-electron chi connectivity index (χ0n) is 14.0. The number of benzene rings is 2. The SMILES string of the molecule is C[C@H]1CCC[NH+](CC(=O)Nc2ccc3oc4ccccc4c3c2)C1. The van der Waals surface area contributed by atoms with Gasteiger partial charge in [0.25, 0.3) is 5.91 Å². The zero-order valence-corrected chi connectivity index (χ0v) is 14.0. The van der Waals surface area contributed by atoms with Crippen LogP contribution in [0.2, 0.25) is 0 Å². The topological polar surface area (TPSA) is 46.7 Å². The average molecular weight is 323 g/mol. The monoisotopic (exact) mass is 323 g/mol. The highest BCUT2D eigenvalue weighted by molar-refractivity contribution is 6.06. The number of furan rings is 1. The molecule has 1 aromatic heterocycles. The molecule has 1 aliphatic rings. The summed E-state index contributed by atoms with van der Waals surface area (Å²) < 4.78 is 5.83. The fraction of sp³-hybridized carbons (Fsp3) is 0.350. The van der Waals surface area contributed by atoms with Crippen LogP contribution in [0, 0.1) is 5.92 Å². The first-order chi connectivity index (χ1) is 11.7. The van der Waals surface area contributed by atoms with Crippen LogP contribution in [-0.4, -0.2) is 25.5 Å². The Bertz CT molecular complexity index is 884. The second-order valence-corrected chi connectivity index (χ2v) is 6.99. The van der Waals surface area contributed by atoms with Crippen molar-refractivity contribution in [3.05, 3.63) is 42.5 Å². The fourth-order valence-corrected chi connectivity index (χ4v) is 3.79. The summed E-state index contributed by atoms with van der Waals surface area (Å²) >= 11 is 0. The van der Waals surface area contributed by atoms with E-state index in [0.717, 1.165) is 46.6 Å². The maximum absolute atomic E-state index is 12.4. The molecule has 0 spiro atoms. The lowest BCUT2D eigenvalue weighted by atomic mass is 10.0. The van der Waals surface area contributed by atoms with Gasteiger partial charge in [-0.2, -0.15) is 0 Å². The molecule has 1 amide bonds. The number of anilines is 1. The zero-order chi connectivity index (χ0) is 16.5. The molecular weight excluding hydrogens is 300 g/mol. The first-order valence-electron chi connectivity index (χ1n) is 8.74. The second kappa shape index (κ2) is 6.29. The minimum atomic E-state index is 0.0891. The van der Waals surface area contributed by atoms with Gasteiger partial charge in [-0.1, -0.05) is 25.1 Å². The summed E-state index contributed by atoms with van der Waals surface area (Å²) in [6, 6.07) is 13.8. The van der Waals surface area contributed by atoms with Gasteiger partial charge in [0, 0.05) is 22.4 Å². The molecule has 1 saturated heterocycles. The molecule has 4 nitrogen and oxygen atoms in total. The number of rotatable bonds is 3. The van der Waals surface area contributed by atoms with Crippen LogP contribution in [0.1, 0.15) is 19.8 Å². The van der Waals surface area contributed by atoms with Crippen LogP contribution >= 0.6 is 0 Å². The number of carbonyl (C=O) groups excluding carboxylic acids is 1. The summed E-state index contributed by atoms with van der Waals surface area (Å²) in [5, 5.41) is 5.18. The number of para-hydroxylation sites is 1. The van der Waals surface area contributed by atoms with Crippen molar-refractivity contribution in [1.29, 1.82) is 0 Å². The molecule has 1 aliphatic heterocycles. The van der Waals surface area contributed by atoms with Gasteiger partial charge in [-0.05, 0) is 37.1 Å². The van der Waals surface area contributed by atoms with Crippen LogP contribution in [0.4, 0.5) is 5.69 Å². The van der Waals surface area contributed by atoms with Crippen molar-refractivity contribution in [3.63, 3.8) is 0 Å². The van der Waals surface area contributed by atoms with Gasteiger partial charge in [0.05, 0.1) is 13.1 Å². The molecule has 2 atom stereocenters. The van der Waals surface area contributed by atoms with Gasteiger partial charge in [0.2, 0.25) is 0 Å². The molecule has 0 radical (unpaired) electrons. The lowest BCUT2D eigenvalue weighted by Gasteiger charge is -2.27. The number of piperidine rings is 1. The lowest BCUT2D eigenvalue weighted by Crippen LogP contribution is -3.14. The molecule has 24 heavy (non-hydrogen) atoms. The number of quaternary nitrogens is 1. The van der Waals surface area contributed by atoms with Crippen LogP contribution in [-0.2, 0) is 4.79 Å². The van der Waals surface area contributed by atoms with Crippen LogP contribution in [0.5, 0.6) is 0 Å². The van der Waals surface area contributed by atoms with E-state index < -0.39 is 0 Å². The Morgan fingerprint density at radius 3 is 2.92 bits per heavy atom. The van der Waals surface area contributed by atoms with Gasteiger partial charge in [-0.15, -0.1) is 0 Å². The van der Waals surface area contributed by atoms with Crippen LogP contribution < -0.4 is 10.2 Å². The van der Waals surface area contributed by atoms with Crippen molar-refractivity contribution in [3.8, 4) is 0 Å². The molecule has 0 aliphatic carbocycles. The Kier molecular flexibility index (Phi) is 3.98.